The lowest BCUT2D eigenvalue weighted by atomic mass is 9.90. The van der Waals surface area contributed by atoms with Gasteiger partial charge in [-0.1, -0.05) is 48.0 Å². The van der Waals surface area contributed by atoms with Gasteiger partial charge in [0, 0.05) is 35.7 Å². The van der Waals surface area contributed by atoms with Gasteiger partial charge >= 0.3 is 6.09 Å². The average Bonchev–Trinajstić information content (AvgIpc) is 3.60. The lowest BCUT2D eigenvalue weighted by molar-refractivity contribution is -0.126. The summed E-state index contributed by atoms with van der Waals surface area (Å²) in [5.74, 6) is -3.61. The summed E-state index contributed by atoms with van der Waals surface area (Å²) in [4.78, 5) is 35.9. The van der Waals surface area contributed by atoms with E-state index in [9.17, 15) is 26.8 Å². The monoisotopic (exact) mass is 714 g/mol. The van der Waals surface area contributed by atoms with Crippen molar-refractivity contribution >= 4 is 50.5 Å². The molecule has 2 unspecified atom stereocenters. The first-order valence-electron chi connectivity index (χ1n) is 16.0. The van der Waals surface area contributed by atoms with Crippen LogP contribution in [0.3, 0.4) is 0 Å². The zero-order valence-electron chi connectivity index (χ0n) is 27.2. The Kier molecular flexibility index (Phi) is 9.31. The van der Waals surface area contributed by atoms with E-state index in [2.05, 4.69) is 20.6 Å². The Morgan fingerprint density at radius 1 is 1.04 bits per heavy atom. The highest BCUT2D eigenvalue weighted by molar-refractivity contribution is 7.90. The first kappa shape index (κ1) is 34.6. The molecule has 49 heavy (non-hydrogen) atoms. The molecule has 0 radical (unpaired) electrons. The van der Waals surface area contributed by atoms with Gasteiger partial charge in [-0.05, 0) is 64.7 Å². The van der Waals surface area contributed by atoms with Gasteiger partial charge in [-0.15, -0.1) is 0 Å². The highest BCUT2D eigenvalue weighted by atomic mass is 35.5. The topological polar surface area (TPSA) is 136 Å². The molecular formula is C34H37ClF2N6O5S. The zero-order valence-corrected chi connectivity index (χ0v) is 28.8. The van der Waals surface area contributed by atoms with Crippen molar-refractivity contribution in [1.82, 2.24) is 24.2 Å². The van der Waals surface area contributed by atoms with Gasteiger partial charge in [0.15, 0.2) is 0 Å². The molecule has 260 valence electrons. The molecule has 1 saturated heterocycles. The number of fused-ring (bicyclic) bond motifs is 1. The highest BCUT2D eigenvalue weighted by Crippen LogP contribution is 2.37. The molecule has 3 heterocycles. The minimum atomic E-state index is -3.93. The van der Waals surface area contributed by atoms with Crippen molar-refractivity contribution in [2.24, 2.45) is 0 Å². The second-order valence-corrected chi connectivity index (χ2v) is 15.7. The number of rotatable bonds is 7. The number of carbonyl (C=O) groups is 2. The Bertz CT molecular complexity index is 1990. The molecular weight excluding hydrogens is 678 g/mol. The predicted molar refractivity (Wildman–Crippen MR) is 181 cm³/mol. The number of aromatic nitrogens is 3. The number of benzene rings is 2. The summed E-state index contributed by atoms with van der Waals surface area (Å²) in [6.07, 6.45) is 3.75. The van der Waals surface area contributed by atoms with Gasteiger partial charge in [-0.25, -0.2) is 35.9 Å². The molecule has 4 aromatic rings. The van der Waals surface area contributed by atoms with Crippen LogP contribution >= 0.6 is 11.6 Å². The van der Waals surface area contributed by atoms with Crippen molar-refractivity contribution in [2.75, 3.05) is 11.9 Å². The van der Waals surface area contributed by atoms with Gasteiger partial charge in [-0.2, -0.15) is 0 Å². The molecule has 2 aromatic carbocycles. The van der Waals surface area contributed by atoms with E-state index in [4.69, 9.17) is 16.3 Å². The van der Waals surface area contributed by atoms with Crippen LogP contribution in [0.1, 0.15) is 52.9 Å². The van der Waals surface area contributed by atoms with Crippen molar-refractivity contribution in [3.63, 3.8) is 0 Å². The molecule has 2 fully saturated rings. The summed E-state index contributed by atoms with van der Waals surface area (Å²) in [6, 6.07) is 13.3. The third-order valence-corrected chi connectivity index (χ3v) is 10.5. The first-order valence-corrected chi connectivity index (χ1v) is 17.8. The number of amides is 2. The summed E-state index contributed by atoms with van der Waals surface area (Å²) < 4.78 is 62.6. The number of alkyl halides is 2. The number of halogens is 3. The van der Waals surface area contributed by atoms with Gasteiger partial charge in [0.05, 0.1) is 33.9 Å². The number of nitrogens with zero attached hydrogens (tertiary/aromatic N) is 4. The SMILES string of the molecule is CC(C)(C)OC(=O)N1CC(F)(F)CC1C(=O)NC1CCC[C@@H](Nc2ncc(Cl)c(-c3cn(S(=O)(=O)c4ccccc4)c4ccccc34)n2)C1. The van der Waals surface area contributed by atoms with Crippen LogP contribution in [0.4, 0.5) is 19.5 Å². The third-order valence-electron chi connectivity index (χ3n) is 8.53. The van der Waals surface area contributed by atoms with E-state index in [-0.39, 0.29) is 28.0 Å². The molecule has 1 aliphatic heterocycles. The normalized spacial score (nSPS) is 21.0. The smallest absolute Gasteiger partial charge is 0.411 e. The van der Waals surface area contributed by atoms with E-state index in [1.165, 1.54) is 28.5 Å². The molecule has 6 rings (SSSR count). The molecule has 3 atom stereocenters. The minimum Gasteiger partial charge on any atom is -0.444 e. The van der Waals surface area contributed by atoms with E-state index < -0.39 is 52.6 Å². The van der Waals surface area contributed by atoms with Crippen LogP contribution in [0.25, 0.3) is 22.2 Å². The number of ether oxygens (including phenoxy) is 1. The zero-order chi connectivity index (χ0) is 35.1. The fourth-order valence-corrected chi connectivity index (χ4v) is 7.95. The molecule has 2 aromatic heterocycles. The van der Waals surface area contributed by atoms with Gasteiger partial charge in [0.2, 0.25) is 11.9 Å². The minimum absolute atomic E-state index is 0.136. The number of anilines is 1. The van der Waals surface area contributed by atoms with E-state index in [1.54, 1.807) is 63.2 Å². The van der Waals surface area contributed by atoms with E-state index in [1.807, 2.05) is 0 Å². The molecule has 2 amide bonds. The Hall–Kier alpha value is -4.30. The maximum absolute atomic E-state index is 14.4. The molecule has 1 saturated carbocycles. The molecule has 1 aliphatic carbocycles. The third kappa shape index (κ3) is 7.49. The Labute approximate surface area is 288 Å². The van der Waals surface area contributed by atoms with Crippen LogP contribution in [0.15, 0.2) is 71.9 Å². The summed E-state index contributed by atoms with van der Waals surface area (Å²) in [7, 11) is -3.93. The summed E-state index contributed by atoms with van der Waals surface area (Å²) in [6.45, 7) is 4.00. The number of likely N-dealkylation sites (tertiary alicyclic amines) is 1. The Morgan fingerprint density at radius 2 is 1.73 bits per heavy atom. The Balaban J connectivity index is 1.19. The van der Waals surface area contributed by atoms with Gasteiger partial charge in [0.1, 0.15) is 11.6 Å². The van der Waals surface area contributed by atoms with Crippen LogP contribution < -0.4 is 10.6 Å². The van der Waals surface area contributed by atoms with Crippen LogP contribution in [0.2, 0.25) is 5.02 Å². The summed E-state index contributed by atoms with van der Waals surface area (Å²) >= 11 is 6.60. The van der Waals surface area contributed by atoms with Crippen molar-refractivity contribution < 1.29 is 31.5 Å². The van der Waals surface area contributed by atoms with Crippen molar-refractivity contribution in [3.05, 3.63) is 72.0 Å². The number of carbonyl (C=O) groups excluding carboxylic acids is 2. The lowest BCUT2D eigenvalue weighted by Gasteiger charge is -2.32. The van der Waals surface area contributed by atoms with Gasteiger partial charge < -0.3 is 15.4 Å². The molecule has 0 spiro atoms. The number of hydrogen-bond donors (Lipinski definition) is 2. The fourth-order valence-electron chi connectivity index (χ4n) is 6.36. The number of nitrogens with one attached hydrogen (secondary N) is 2. The fraction of sp³-hybridized carbons (Fsp3) is 0.412. The van der Waals surface area contributed by atoms with Gasteiger partial charge in [-0.3, -0.25) is 9.69 Å². The van der Waals surface area contributed by atoms with E-state index in [0.717, 1.165) is 17.7 Å². The molecule has 2 aliphatic rings. The van der Waals surface area contributed by atoms with Crippen molar-refractivity contribution in [1.29, 1.82) is 0 Å². The molecule has 11 nitrogen and oxygen atoms in total. The average molecular weight is 715 g/mol. The van der Waals surface area contributed by atoms with Crippen LogP contribution in [-0.4, -0.2) is 75.5 Å². The summed E-state index contributed by atoms with van der Waals surface area (Å²) in [5, 5.41) is 7.04. The van der Waals surface area contributed by atoms with Crippen molar-refractivity contribution in [3.8, 4) is 11.3 Å². The van der Waals surface area contributed by atoms with Crippen LogP contribution in [-0.2, 0) is 19.6 Å². The second kappa shape index (κ2) is 13.2. The van der Waals surface area contributed by atoms with Crippen molar-refractivity contribution in [2.45, 2.75) is 87.4 Å². The van der Waals surface area contributed by atoms with Gasteiger partial charge in [0.25, 0.3) is 15.9 Å². The first-order chi connectivity index (χ1) is 23.1. The van der Waals surface area contributed by atoms with E-state index in [0.29, 0.717) is 35.0 Å². The second-order valence-electron chi connectivity index (χ2n) is 13.5. The maximum Gasteiger partial charge on any atom is 0.411 e. The highest BCUT2D eigenvalue weighted by Gasteiger charge is 2.51. The standard InChI is InChI=1S/C34H37ClF2N6O5S/c1-33(2,3)48-32(45)42-20-34(36,37)17-28(42)30(44)39-21-10-9-11-22(16-21)40-31-38-18-26(35)29(41-31)25-19-43(27-15-8-7-14-24(25)27)49(46,47)23-12-5-4-6-13-23/h4-8,12-15,18-19,21-22,28H,9-11,16-17,20H2,1-3H3,(H,39,44)(H,38,40,41)/t21?,22-,28?/m1/s1. The molecule has 15 heteroatoms. The number of hydrogen-bond acceptors (Lipinski definition) is 8. The quantitative estimate of drug-likeness (QED) is 0.222. The maximum atomic E-state index is 14.4. The number of para-hydroxylation sites is 1. The molecule has 2 N–H and O–H groups in total. The lowest BCUT2D eigenvalue weighted by Crippen LogP contribution is -2.51. The molecule has 0 bridgehead atoms. The largest absolute Gasteiger partial charge is 0.444 e. The van der Waals surface area contributed by atoms with Crippen LogP contribution in [0.5, 0.6) is 0 Å². The predicted octanol–water partition coefficient (Wildman–Crippen LogP) is 6.47. The van der Waals surface area contributed by atoms with Crippen LogP contribution in [0, 0.1) is 0 Å². The Morgan fingerprint density at radius 3 is 2.47 bits per heavy atom. The summed E-state index contributed by atoms with van der Waals surface area (Å²) in [5.41, 5.74) is 0.394. The van der Waals surface area contributed by atoms with E-state index >= 15 is 0 Å².